The summed E-state index contributed by atoms with van der Waals surface area (Å²) in [6.45, 7) is 9.27. The summed E-state index contributed by atoms with van der Waals surface area (Å²) in [5.41, 5.74) is 3.15. The number of H-pyrrole nitrogens is 1. The maximum Gasteiger partial charge on any atom is 0.223 e. The number of aryl methyl sites for hydroxylation is 2. The fraction of sp³-hybridized carbons (Fsp3) is 0.733. The maximum atomic E-state index is 12.4. The van der Waals surface area contributed by atoms with E-state index < -0.39 is 0 Å². The van der Waals surface area contributed by atoms with Gasteiger partial charge in [0.25, 0.3) is 0 Å². The number of piperidine rings is 1. The molecular formula is C15H25N3O2. The maximum absolute atomic E-state index is 12.4. The van der Waals surface area contributed by atoms with E-state index in [1.54, 1.807) is 4.90 Å². The summed E-state index contributed by atoms with van der Waals surface area (Å²) >= 11 is 0. The summed E-state index contributed by atoms with van der Waals surface area (Å²) in [5, 5.41) is 17.1. The van der Waals surface area contributed by atoms with Crippen molar-refractivity contribution >= 4 is 5.91 Å². The summed E-state index contributed by atoms with van der Waals surface area (Å²) in [6.07, 6.45) is 0.966. The van der Waals surface area contributed by atoms with Crippen molar-refractivity contribution in [1.82, 2.24) is 15.1 Å². The third-order valence-corrected chi connectivity index (χ3v) is 4.43. The van der Waals surface area contributed by atoms with E-state index in [2.05, 4.69) is 17.1 Å². The molecule has 2 heterocycles. The largest absolute Gasteiger partial charge is 0.391 e. The smallest absolute Gasteiger partial charge is 0.223 e. The van der Waals surface area contributed by atoms with Gasteiger partial charge < -0.3 is 10.0 Å². The number of aromatic nitrogens is 2. The van der Waals surface area contributed by atoms with Crippen LogP contribution in [0.15, 0.2) is 0 Å². The number of aliphatic hydroxyl groups excluding tert-OH is 1. The zero-order valence-electron chi connectivity index (χ0n) is 12.8. The number of aliphatic hydroxyl groups is 1. The highest BCUT2D eigenvalue weighted by molar-refractivity contribution is 5.77. The predicted octanol–water partition coefficient (Wildman–Crippen LogP) is 1.75. The van der Waals surface area contributed by atoms with E-state index in [4.69, 9.17) is 0 Å². The van der Waals surface area contributed by atoms with Gasteiger partial charge in [0.1, 0.15) is 0 Å². The Hall–Kier alpha value is -1.36. The number of β-amino-alcohol motifs (C(OH)–C–C–N with tert-alkyl or cyclic N) is 1. The number of nitrogens with zero attached hydrogens (tertiary/aromatic N) is 2. The molecule has 1 aliphatic heterocycles. The van der Waals surface area contributed by atoms with Gasteiger partial charge in [0.2, 0.25) is 5.91 Å². The first-order valence-corrected chi connectivity index (χ1v) is 7.37. The van der Waals surface area contributed by atoms with E-state index in [-0.39, 0.29) is 23.8 Å². The van der Waals surface area contributed by atoms with Gasteiger partial charge in [-0.25, -0.2) is 0 Å². The minimum Gasteiger partial charge on any atom is -0.391 e. The standard InChI is InChI=1S/C15H25N3O2/c1-9-5-6-18(8-13(9)19)14(20)7-10(2)15-11(3)16-17-12(15)4/h9-10,13,19H,5-8H2,1-4H3,(H,16,17). The monoisotopic (exact) mass is 279 g/mol. The van der Waals surface area contributed by atoms with Gasteiger partial charge in [0.05, 0.1) is 11.8 Å². The highest BCUT2D eigenvalue weighted by Gasteiger charge is 2.28. The van der Waals surface area contributed by atoms with Crippen LogP contribution in [0.1, 0.15) is 49.6 Å². The van der Waals surface area contributed by atoms with Crippen molar-refractivity contribution in [2.24, 2.45) is 5.92 Å². The lowest BCUT2D eigenvalue weighted by molar-refractivity contribution is -0.135. The Labute approximate surface area is 120 Å². The molecule has 1 saturated heterocycles. The molecule has 2 N–H and O–H groups in total. The van der Waals surface area contributed by atoms with Crippen molar-refractivity contribution in [2.75, 3.05) is 13.1 Å². The number of hydrogen-bond donors (Lipinski definition) is 2. The average molecular weight is 279 g/mol. The molecule has 20 heavy (non-hydrogen) atoms. The van der Waals surface area contributed by atoms with Crippen LogP contribution in [0, 0.1) is 19.8 Å². The molecule has 3 atom stereocenters. The summed E-state index contributed by atoms with van der Waals surface area (Å²) in [5.74, 6) is 0.566. The van der Waals surface area contributed by atoms with Crippen LogP contribution in [0.5, 0.6) is 0 Å². The Kier molecular flexibility index (Phi) is 4.48. The SMILES string of the molecule is Cc1n[nH]c(C)c1C(C)CC(=O)N1CCC(C)C(O)C1. The van der Waals surface area contributed by atoms with Crippen molar-refractivity contribution in [3.63, 3.8) is 0 Å². The van der Waals surface area contributed by atoms with Crippen LogP contribution in [0.3, 0.4) is 0 Å². The number of rotatable bonds is 3. The number of carbonyl (C=O) groups is 1. The third kappa shape index (κ3) is 3.03. The van der Waals surface area contributed by atoms with Gasteiger partial charge in [0, 0.05) is 25.2 Å². The summed E-state index contributed by atoms with van der Waals surface area (Å²) < 4.78 is 0. The van der Waals surface area contributed by atoms with E-state index in [0.717, 1.165) is 29.9 Å². The molecule has 112 valence electrons. The Morgan fingerprint density at radius 3 is 2.80 bits per heavy atom. The Morgan fingerprint density at radius 1 is 1.55 bits per heavy atom. The van der Waals surface area contributed by atoms with Crippen LogP contribution in [0.2, 0.25) is 0 Å². The molecule has 1 aromatic rings. The number of hydrogen-bond acceptors (Lipinski definition) is 3. The topological polar surface area (TPSA) is 69.2 Å². The molecule has 5 heteroatoms. The molecule has 3 unspecified atom stereocenters. The Bertz CT molecular complexity index is 464. The molecule has 0 aromatic carbocycles. The highest BCUT2D eigenvalue weighted by Crippen LogP contribution is 2.26. The molecule has 1 aliphatic rings. The number of nitrogens with one attached hydrogen (secondary N) is 1. The quantitative estimate of drug-likeness (QED) is 0.885. The Balaban J connectivity index is 1.98. The Morgan fingerprint density at radius 2 is 2.25 bits per heavy atom. The zero-order chi connectivity index (χ0) is 14.9. The van der Waals surface area contributed by atoms with Gasteiger partial charge in [-0.1, -0.05) is 13.8 Å². The molecule has 1 fully saturated rings. The zero-order valence-corrected chi connectivity index (χ0v) is 12.8. The first kappa shape index (κ1) is 15.0. The summed E-state index contributed by atoms with van der Waals surface area (Å²) in [6, 6.07) is 0. The lowest BCUT2D eigenvalue weighted by Crippen LogP contribution is -2.46. The molecule has 0 aliphatic carbocycles. The second-order valence-electron chi connectivity index (χ2n) is 6.13. The first-order chi connectivity index (χ1) is 9.40. The second kappa shape index (κ2) is 5.95. The van der Waals surface area contributed by atoms with Crippen LogP contribution in [0.25, 0.3) is 0 Å². The number of amides is 1. The normalized spacial score (nSPS) is 24.8. The van der Waals surface area contributed by atoms with E-state index in [1.165, 1.54) is 0 Å². The van der Waals surface area contributed by atoms with E-state index in [1.807, 2.05) is 20.8 Å². The number of likely N-dealkylation sites (tertiary alicyclic amines) is 1. The average Bonchev–Trinajstić information content (AvgIpc) is 2.72. The van der Waals surface area contributed by atoms with Crippen LogP contribution >= 0.6 is 0 Å². The highest BCUT2D eigenvalue weighted by atomic mass is 16.3. The fourth-order valence-electron chi connectivity index (χ4n) is 3.05. The van der Waals surface area contributed by atoms with Crippen LogP contribution in [-0.4, -0.2) is 45.3 Å². The van der Waals surface area contributed by atoms with E-state index in [0.29, 0.717) is 13.0 Å². The lowest BCUT2D eigenvalue weighted by Gasteiger charge is -2.34. The van der Waals surface area contributed by atoms with Crippen LogP contribution in [0.4, 0.5) is 0 Å². The predicted molar refractivity (Wildman–Crippen MR) is 77.5 cm³/mol. The molecule has 1 amide bonds. The second-order valence-corrected chi connectivity index (χ2v) is 6.13. The molecule has 0 bridgehead atoms. The van der Waals surface area contributed by atoms with Gasteiger partial charge in [-0.2, -0.15) is 5.10 Å². The molecule has 0 radical (unpaired) electrons. The molecule has 1 aromatic heterocycles. The number of aromatic amines is 1. The van der Waals surface area contributed by atoms with Gasteiger partial charge in [-0.15, -0.1) is 0 Å². The van der Waals surface area contributed by atoms with Crippen LogP contribution < -0.4 is 0 Å². The van der Waals surface area contributed by atoms with Gasteiger partial charge in [0.15, 0.2) is 0 Å². The van der Waals surface area contributed by atoms with Gasteiger partial charge >= 0.3 is 0 Å². The molecule has 0 saturated carbocycles. The van der Waals surface area contributed by atoms with Crippen molar-refractivity contribution < 1.29 is 9.90 Å². The van der Waals surface area contributed by atoms with Crippen molar-refractivity contribution in [1.29, 1.82) is 0 Å². The molecule has 2 rings (SSSR count). The van der Waals surface area contributed by atoms with Crippen molar-refractivity contribution in [2.45, 2.75) is 52.6 Å². The third-order valence-electron chi connectivity index (χ3n) is 4.43. The minimum absolute atomic E-state index is 0.128. The van der Waals surface area contributed by atoms with Crippen molar-refractivity contribution in [3.8, 4) is 0 Å². The molecule has 0 spiro atoms. The van der Waals surface area contributed by atoms with E-state index >= 15 is 0 Å². The van der Waals surface area contributed by atoms with Gasteiger partial charge in [-0.3, -0.25) is 9.89 Å². The minimum atomic E-state index is -0.389. The van der Waals surface area contributed by atoms with Crippen LogP contribution in [-0.2, 0) is 4.79 Å². The molecular weight excluding hydrogens is 254 g/mol. The first-order valence-electron chi connectivity index (χ1n) is 7.37. The van der Waals surface area contributed by atoms with Crippen molar-refractivity contribution in [3.05, 3.63) is 17.0 Å². The van der Waals surface area contributed by atoms with Gasteiger partial charge in [-0.05, 0) is 37.7 Å². The fourth-order valence-corrected chi connectivity index (χ4v) is 3.05. The summed E-state index contributed by atoms with van der Waals surface area (Å²) in [4.78, 5) is 14.2. The lowest BCUT2D eigenvalue weighted by atomic mass is 9.93. The molecule has 5 nitrogen and oxygen atoms in total. The number of carbonyl (C=O) groups excluding carboxylic acids is 1. The summed E-state index contributed by atoms with van der Waals surface area (Å²) in [7, 11) is 0. The van der Waals surface area contributed by atoms with E-state index in [9.17, 15) is 9.90 Å².